The molecule has 136 valence electrons. The first-order valence-electron chi connectivity index (χ1n) is 8.01. The molecule has 0 bridgehead atoms. The number of pyridine rings is 1. The van der Waals surface area contributed by atoms with Gasteiger partial charge in [-0.2, -0.15) is 5.10 Å². The zero-order chi connectivity index (χ0) is 18.8. The van der Waals surface area contributed by atoms with E-state index >= 15 is 0 Å². The summed E-state index contributed by atoms with van der Waals surface area (Å²) in [7, 11) is 1.76. The van der Waals surface area contributed by atoms with Crippen LogP contribution in [0.25, 0.3) is 16.6 Å². The van der Waals surface area contributed by atoms with Crippen LogP contribution in [0, 0.1) is 5.82 Å². The Kier molecular flexibility index (Phi) is 4.47. The molecule has 0 aliphatic carbocycles. The predicted octanol–water partition coefficient (Wildman–Crippen LogP) is 2.38. The van der Waals surface area contributed by atoms with Crippen molar-refractivity contribution in [2.75, 3.05) is 12.4 Å². The zero-order valence-electron chi connectivity index (χ0n) is 14.2. The van der Waals surface area contributed by atoms with E-state index in [0.717, 1.165) is 0 Å². The summed E-state index contributed by atoms with van der Waals surface area (Å²) >= 11 is 1.37. The van der Waals surface area contributed by atoms with Crippen LogP contribution in [-0.4, -0.2) is 37.9 Å². The highest BCUT2D eigenvalue weighted by Crippen LogP contribution is 2.21. The first kappa shape index (κ1) is 17.0. The average molecular weight is 383 g/mol. The van der Waals surface area contributed by atoms with Crippen LogP contribution in [0.1, 0.15) is 15.4 Å². The lowest BCUT2D eigenvalue weighted by Gasteiger charge is -2.06. The molecule has 0 aliphatic heterocycles. The molecule has 0 saturated heterocycles. The van der Waals surface area contributed by atoms with Gasteiger partial charge in [0.05, 0.1) is 35.7 Å². The van der Waals surface area contributed by atoms with Crippen LogP contribution in [0.2, 0.25) is 0 Å². The van der Waals surface area contributed by atoms with Gasteiger partial charge in [-0.3, -0.25) is 9.78 Å². The fraction of sp³-hybridized carbons (Fsp3) is 0.118. The van der Waals surface area contributed by atoms with E-state index in [0.29, 0.717) is 32.3 Å². The molecule has 8 nitrogen and oxygen atoms in total. The second-order valence-corrected chi connectivity index (χ2v) is 6.65. The summed E-state index contributed by atoms with van der Waals surface area (Å²) in [4.78, 5) is 16.8. The minimum Gasteiger partial charge on any atom is -0.363 e. The molecule has 0 radical (unpaired) electrons. The number of halogens is 1. The lowest BCUT2D eigenvalue weighted by atomic mass is 10.2. The summed E-state index contributed by atoms with van der Waals surface area (Å²) in [6, 6.07) is 5.94. The Balaban J connectivity index is 1.60. The third kappa shape index (κ3) is 3.34. The predicted molar refractivity (Wildman–Crippen MR) is 99.4 cm³/mol. The number of aromatic nitrogens is 5. The minimum absolute atomic E-state index is 0.265. The molecule has 0 spiro atoms. The van der Waals surface area contributed by atoms with Crippen LogP contribution < -0.4 is 10.6 Å². The van der Waals surface area contributed by atoms with Gasteiger partial charge in [0.1, 0.15) is 10.8 Å². The Morgan fingerprint density at radius 1 is 1.19 bits per heavy atom. The number of benzene rings is 1. The molecule has 0 saturated carbocycles. The van der Waals surface area contributed by atoms with Gasteiger partial charge in [-0.25, -0.2) is 9.07 Å². The highest BCUT2D eigenvalue weighted by Gasteiger charge is 2.15. The second-order valence-electron chi connectivity index (χ2n) is 5.59. The van der Waals surface area contributed by atoms with Gasteiger partial charge in [0.2, 0.25) is 5.13 Å². The van der Waals surface area contributed by atoms with Crippen molar-refractivity contribution in [1.29, 1.82) is 0 Å². The SMILES string of the molecule is CNc1nnc(CNC(=O)c2cncc3c2cnn3-c2ccc(F)cc2)s1. The van der Waals surface area contributed by atoms with Crippen molar-refractivity contribution in [1.82, 2.24) is 30.3 Å². The van der Waals surface area contributed by atoms with Crippen molar-refractivity contribution in [3.8, 4) is 5.69 Å². The molecule has 2 N–H and O–H groups in total. The molecule has 4 aromatic rings. The zero-order valence-corrected chi connectivity index (χ0v) is 15.0. The first-order valence-corrected chi connectivity index (χ1v) is 8.83. The fourth-order valence-corrected chi connectivity index (χ4v) is 3.22. The van der Waals surface area contributed by atoms with Crippen molar-refractivity contribution in [3.63, 3.8) is 0 Å². The maximum absolute atomic E-state index is 13.2. The molecule has 0 fully saturated rings. The molecule has 0 unspecified atom stereocenters. The maximum atomic E-state index is 13.2. The number of hydrogen-bond acceptors (Lipinski definition) is 7. The van der Waals surface area contributed by atoms with Crippen molar-refractivity contribution >= 4 is 33.3 Å². The maximum Gasteiger partial charge on any atom is 0.253 e. The minimum atomic E-state index is -0.327. The van der Waals surface area contributed by atoms with Crippen molar-refractivity contribution in [2.24, 2.45) is 0 Å². The largest absolute Gasteiger partial charge is 0.363 e. The number of fused-ring (bicyclic) bond motifs is 1. The van der Waals surface area contributed by atoms with Gasteiger partial charge in [-0.05, 0) is 24.3 Å². The number of rotatable bonds is 5. The third-order valence-electron chi connectivity index (χ3n) is 3.89. The van der Waals surface area contributed by atoms with Crippen LogP contribution >= 0.6 is 11.3 Å². The summed E-state index contributed by atoms with van der Waals surface area (Å²) in [6.45, 7) is 0.265. The number of carbonyl (C=O) groups excluding carboxylic acids is 1. The number of amides is 1. The van der Waals surface area contributed by atoms with Crippen LogP contribution in [0.5, 0.6) is 0 Å². The fourth-order valence-electron chi connectivity index (χ4n) is 2.59. The Hall–Kier alpha value is -3.40. The lowest BCUT2D eigenvalue weighted by Crippen LogP contribution is -2.23. The van der Waals surface area contributed by atoms with Crippen LogP contribution in [0.4, 0.5) is 9.52 Å². The summed E-state index contributed by atoms with van der Waals surface area (Å²) in [5.41, 5.74) is 1.74. The number of anilines is 1. The molecular weight excluding hydrogens is 369 g/mol. The van der Waals surface area contributed by atoms with Crippen molar-refractivity contribution in [2.45, 2.75) is 6.54 Å². The Morgan fingerprint density at radius 2 is 2.00 bits per heavy atom. The van der Waals surface area contributed by atoms with Gasteiger partial charge in [0.25, 0.3) is 5.91 Å². The van der Waals surface area contributed by atoms with E-state index in [1.165, 1.54) is 29.7 Å². The Bertz CT molecular complexity index is 1110. The lowest BCUT2D eigenvalue weighted by molar-refractivity contribution is 0.0952. The number of nitrogens with zero attached hydrogens (tertiary/aromatic N) is 5. The summed E-state index contributed by atoms with van der Waals surface area (Å²) in [5, 5.41) is 20.0. The number of hydrogen-bond donors (Lipinski definition) is 2. The van der Waals surface area contributed by atoms with Gasteiger partial charge < -0.3 is 10.6 Å². The Labute approximate surface area is 157 Å². The standard InChI is InChI=1S/C17H14FN7OS/c1-19-17-24-23-15(27-17)9-21-16(26)13-6-20-8-14-12(13)7-22-25(14)11-4-2-10(18)3-5-11/h2-8H,9H2,1H3,(H,19,24)(H,21,26). The normalized spacial score (nSPS) is 10.9. The molecule has 1 aromatic carbocycles. The summed E-state index contributed by atoms with van der Waals surface area (Å²) in [6.07, 6.45) is 4.71. The van der Waals surface area contributed by atoms with Gasteiger partial charge in [0.15, 0.2) is 0 Å². The van der Waals surface area contributed by atoms with E-state index in [-0.39, 0.29) is 18.3 Å². The highest BCUT2D eigenvalue weighted by molar-refractivity contribution is 7.15. The van der Waals surface area contributed by atoms with E-state index < -0.39 is 0 Å². The molecular formula is C17H14FN7OS. The molecule has 27 heavy (non-hydrogen) atoms. The van der Waals surface area contributed by atoms with E-state index in [9.17, 15) is 9.18 Å². The van der Waals surface area contributed by atoms with E-state index in [1.54, 1.807) is 36.3 Å². The Morgan fingerprint density at radius 3 is 2.74 bits per heavy atom. The molecule has 3 aromatic heterocycles. The quantitative estimate of drug-likeness (QED) is 0.549. The second kappa shape index (κ2) is 7.08. The molecule has 0 atom stereocenters. The van der Waals surface area contributed by atoms with Crippen molar-refractivity contribution in [3.05, 3.63) is 59.2 Å². The van der Waals surface area contributed by atoms with Gasteiger partial charge in [-0.15, -0.1) is 10.2 Å². The van der Waals surface area contributed by atoms with Crippen molar-refractivity contribution < 1.29 is 9.18 Å². The summed E-state index contributed by atoms with van der Waals surface area (Å²) in [5.74, 6) is -0.612. The van der Waals surface area contributed by atoms with Gasteiger partial charge in [-0.1, -0.05) is 11.3 Å². The van der Waals surface area contributed by atoms with E-state index in [4.69, 9.17) is 0 Å². The molecule has 4 rings (SSSR count). The molecule has 10 heteroatoms. The number of carbonyl (C=O) groups is 1. The smallest absolute Gasteiger partial charge is 0.253 e. The van der Waals surface area contributed by atoms with Crippen LogP contribution in [0.15, 0.2) is 42.9 Å². The van der Waals surface area contributed by atoms with E-state index in [2.05, 4.69) is 30.9 Å². The van der Waals surface area contributed by atoms with E-state index in [1.807, 2.05) is 0 Å². The molecule has 1 amide bonds. The molecule has 3 heterocycles. The topological polar surface area (TPSA) is 97.6 Å². The first-order chi connectivity index (χ1) is 13.2. The average Bonchev–Trinajstić information content (AvgIpc) is 3.33. The van der Waals surface area contributed by atoms with Crippen LogP contribution in [0.3, 0.4) is 0 Å². The van der Waals surface area contributed by atoms with Crippen LogP contribution in [-0.2, 0) is 6.54 Å². The highest BCUT2D eigenvalue weighted by atomic mass is 32.1. The number of nitrogens with one attached hydrogen (secondary N) is 2. The molecule has 0 aliphatic rings. The third-order valence-corrected chi connectivity index (χ3v) is 4.83. The monoisotopic (exact) mass is 383 g/mol. The van der Waals surface area contributed by atoms with Gasteiger partial charge >= 0.3 is 0 Å². The summed E-state index contributed by atoms with van der Waals surface area (Å²) < 4.78 is 14.8. The van der Waals surface area contributed by atoms with Gasteiger partial charge in [0, 0.05) is 18.6 Å².